The molecule has 174 valence electrons. The summed E-state index contributed by atoms with van der Waals surface area (Å²) in [6.45, 7) is 12.4. The van der Waals surface area contributed by atoms with Crippen molar-refractivity contribution in [2.24, 2.45) is 5.84 Å². The Morgan fingerprint density at radius 2 is 1.50 bits per heavy atom. The second-order valence-corrected chi connectivity index (χ2v) is 9.14. The first-order valence-electron chi connectivity index (χ1n) is 11.2. The van der Waals surface area contributed by atoms with Gasteiger partial charge in [-0.15, -0.1) is 0 Å². The average molecular weight is 441 g/mol. The smallest absolute Gasteiger partial charge is 0.336 e. The molecule has 2 aromatic carbocycles. The summed E-state index contributed by atoms with van der Waals surface area (Å²) in [6, 6.07) is 12.9. The number of hydrogen-bond acceptors (Lipinski definition) is 5. The second kappa shape index (κ2) is 9.48. The predicted molar refractivity (Wildman–Crippen MR) is 128 cm³/mol. The zero-order valence-electron chi connectivity index (χ0n) is 19.9. The highest BCUT2D eigenvalue weighted by Crippen LogP contribution is 2.38. The van der Waals surface area contributed by atoms with Gasteiger partial charge in [0.2, 0.25) is 5.79 Å². The lowest BCUT2D eigenvalue weighted by molar-refractivity contribution is -0.176. The molecule has 1 aliphatic heterocycles. The normalized spacial score (nSPS) is 20.0. The molecule has 0 aliphatic carbocycles. The van der Waals surface area contributed by atoms with E-state index in [1.54, 1.807) is 12.1 Å². The Hall–Kier alpha value is -2.61. The summed E-state index contributed by atoms with van der Waals surface area (Å²) in [4.78, 5) is 13.2. The second-order valence-electron chi connectivity index (χ2n) is 9.14. The van der Waals surface area contributed by atoms with Crippen molar-refractivity contribution in [3.63, 3.8) is 0 Å². The van der Waals surface area contributed by atoms with Crippen LogP contribution in [0.2, 0.25) is 0 Å². The quantitative estimate of drug-likeness (QED) is 0.264. The number of urea groups is 1. The van der Waals surface area contributed by atoms with E-state index in [1.165, 1.54) is 5.01 Å². The Bertz CT molecular complexity index is 906. The van der Waals surface area contributed by atoms with Crippen molar-refractivity contribution in [1.82, 2.24) is 5.32 Å². The van der Waals surface area contributed by atoms with E-state index < -0.39 is 11.8 Å². The molecule has 2 atom stereocenters. The molecular weight excluding hydrogens is 404 g/mol. The summed E-state index contributed by atoms with van der Waals surface area (Å²) in [5, 5.41) is 4.14. The topological polar surface area (TPSA) is 103 Å². The Labute approximate surface area is 191 Å². The predicted octanol–water partition coefficient (Wildman–Crippen LogP) is 4.58. The number of benzene rings is 2. The summed E-state index contributed by atoms with van der Waals surface area (Å²) in [5.41, 5.74) is 10.1. The Kier molecular flexibility index (Phi) is 7.12. The fourth-order valence-electron chi connectivity index (χ4n) is 4.05. The number of rotatable bonds is 6. The van der Waals surface area contributed by atoms with Crippen molar-refractivity contribution in [3.8, 4) is 0 Å². The number of nitrogens with zero attached hydrogens (tertiary/aromatic N) is 1. The third-order valence-corrected chi connectivity index (χ3v) is 6.04. The minimum Gasteiger partial charge on any atom is -0.399 e. The molecule has 2 aromatic rings. The van der Waals surface area contributed by atoms with Crippen LogP contribution in [0, 0.1) is 0 Å². The summed E-state index contributed by atoms with van der Waals surface area (Å²) < 4.78 is 12.4. The van der Waals surface area contributed by atoms with Gasteiger partial charge in [0.1, 0.15) is 0 Å². The number of amides is 2. The molecule has 0 saturated carbocycles. The van der Waals surface area contributed by atoms with Crippen molar-refractivity contribution in [2.45, 2.75) is 71.4 Å². The molecule has 5 N–H and O–H groups in total. The Morgan fingerprint density at radius 3 is 1.97 bits per heavy atom. The van der Waals surface area contributed by atoms with Crippen LogP contribution in [0.4, 0.5) is 16.2 Å². The molecule has 0 spiro atoms. The number of nitrogens with one attached hydrogen (secondary N) is 1. The number of carbonyl (C=O) groups is 1. The Balaban J connectivity index is 1.87. The minimum atomic E-state index is -1.11. The van der Waals surface area contributed by atoms with Gasteiger partial charge in [0, 0.05) is 11.3 Å². The molecule has 0 unspecified atom stereocenters. The van der Waals surface area contributed by atoms with Gasteiger partial charge in [-0.1, -0.05) is 58.0 Å². The fourth-order valence-corrected chi connectivity index (χ4v) is 4.05. The number of hydrogen-bond donors (Lipinski definition) is 3. The van der Waals surface area contributed by atoms with Crippen molar-refractivity contribution < 1.29 is 14.3 Å². The van der Waals surface area contributed by atoms with Crippen LogP contribution in [-0.2, 0) is 15.3 Å². The van der Waals surface area contributed by atoms with Gasteiger partial charge >= 0.3 is 6.03 Å². The van der Waals surface area contributed by atoms with Crippen molar-refractivity contribution in [1.29, 1.82) is 0 Å². The van der Waals surface area contributed by atoms with Gasteiger partial charge in [0.15, 0.2) is 0 Å². The first-order valence-corrected chi connectivity index (χ1v) is 11.2. The molecule has 3 rings (SSSR count). The molecule has 7 heteroatoms. The van der Waals surface area contributed by atoms with Crippen LogP contribution < -0.4 is 21.9 Å². The SMILES string of the molecule is CC(C)c1cccc(C(C)C)c1N(N)C(=O)NCC1(c2ccc(N)cc2)O[C@H](C)[C@@H](C)O1. The maximum atomic E-state index is 13.2. The number of nitrogens with two attached hydrogens (primary N) is 2. The van der Waals surface area contributed by atoms with Gasteiger partial charge in [-0.2, -0.15) is 0 Å². The maximum Gasteiger partial charge on any atom is 0.336 e. The fraction of sp³-hybridized carbons (Fsp3) is 0.480. The van der Waals surface area contributed by atoms with E-state index in [2.05, 4.69) is 33.0 Å². The molecule has 1 fully saturated rings. The lowest BCUT2D eigenvalue weighted by atomic mass is 9.92. The highest BCUT2D eigenvalue weighted by Gasteiger charge is 2.46. The molecule has 1 heterocycles. The molecule has 1 saturated heterocycles. The lowest BCUT2D eigenvalue weighted by Gasteiger charge is -2.31. The van der Waals surface area contributed by atoms with Crippen LogP contribution in [0.3, 0.4) is 0 Å². The van der Waals surface area contributed by atoms with Crippen molar-refractivity contribution >= 4 is 17.4 Å². The van der Waals surface area contributed by atoms with E-state index in [0.717, 1.165) is 22.4 Å². The molecule has 32 heavy (non-hydrogen) atoms. The van der Waals surface area contributed by atoms with Gasteiger partial charge in [0.05, 0.1) is 24.4 Å². The van der Waals surface area contributed by atoms with Crippen LogP contribution in [0.15, 0.2) is 42.5 Å². The molecule has 0 bridgehead atoms. The Morgan fingerprint density at radius 1 is 1.00 bits per heavy atom. The minimum absolute atomic E-state index is 0.110. The van der Waals surface area contributed by atoms with E-state index in [9.17, 15) is 4.79 Å². The van der Waals surface area contributed by atoms with E-state index in [1.807, 2.05) is 44.2 Å². The standard InChI is InChI=1S/C25H36N4O3/c1-15(2)21-8-7-9-22(16(3)4)23(21)29(27)24(30)28-14-25(31-17(5)18(6)32-25)19-10-12-20(26)13-11-19/h7-13,15-18H,14,26-27H2,1-6H3,(H,28,30)/t17-,18-/m1/s1. The van der Waals surface area contributed by atoms with Gasteiger partial charge in [0.25, 0.3) is 0 Å². The third-order valence-electron chi connectivity index (χ3n) is 6.04. The van der Waals surface area contributed by atoms with Crippen LogP contribution >= 0.6 is 0 Å². The van der Waals surface area contributed by atoms with Gasteiger partial charge in [-0.25, -0.2) is 15.6 Å². The van der Waals surface area contributed by atoms with Crippen molar-refractivity contribution in [3.05, 3.63) is 59.2 Å². The zero-order valence-corrected chi connectivity index (χ0v) is 19.9. The third kappa shape index (κ3) is 4.75. The number of nitrogen functional groups attached to an aromatic ring is 1. The van der Waals surface area contributed by atoms with Crippen LogP contribution in [0.25, 0.3) is 0 Å². The number of anilines is 2. The van der Waals surface area contributed by atoms with Crippen LogP contribution in [0.1, 0.15) is 70.1 Å². The van der Waals surface area contributed by atoms with E-state index in [-0.39, 0.29) is 30.6 Å². The molecular formula is C25H36N4O3. The van der Waals surface area contributed by atoms with Gasteiger partial charge in [-0.3, -0.25) is 0 Å². The molecule has 1 aliphatic rings. The van der Waals surface area contributed by atoms with E-state index in [4.69, 9.17) is 21.1 Å². The highest BCUT2D eigenvalue weighted by molar-refractivity contribution is 5.92. The average Bonchev–Trinajstić information content (AvgIpc) is 3.05. The number of ether oxygens (including phenoxy) is 2. The summed E-state index contributed by atoms with van der Waals surface area (Å²) >= 11 is 0. The first kappa shape index (κ1) is 24.0. The number of para-hydroxylation sites is 1. The van der Waals surface area contributed by atoms with Gasteiger partial charge in [-0.05, 0) is 48.9 Å². The first-order chi connectivity index (χ1) is 15.1. The summed E-state index contributed by atoms with van der Waals surface area (Å²) in [7, 11) is 0. The molecule has 2 amide bonds. The monoisotopic (exact) mass is 440 g/mol. The summed E-state index contributed by atoms with van der Waals surface area (Å²) in [6.07, 6.45) is -0.264. The van der Waals surface area contributed by atoms with E-state index >= 15 is 0 Å². The zero-order chi connectivity index (χ0) is 23.6. The van der Waals surface area contributed by atoms with Crippen LogP contribution in [0.5, 0.6) is 0 Å². The molecule has 7 nitrogen and oxygen atoms in total. The van der Waals surface area contributed by atoms with Crippen molar-refractivity contribution in [2.75, 3.05) is 17.3 Å². The molecule has 0 aromatic heterocycles. The highest BCUT2D eigenvalue weighted by atomic mass is 16.8. The van der Waals surface area contributed by atoms with Gasteiger partial charge < -0.3 is 20.5 Å². The number of carbonyl (C=O) groups excluding carboxylic acids is 1. The van der Waals surface area contributed by atoms with Crippen LogP contribution in [-0.4, -0.2) is 24.8 Å². The summed E-state index contributed by atoms with van der Waals surface area (Å²) in [5.74, 6) is 5.70. The molecule has 0 radical (unpaired) electrons. The number of hydrazine groups is 1. The largest absolute Gasteiger partial charge is 0.399 e. The maximum absolute atomic E-state index is 13.2. The lowest BCUT2D eigenvalue weighted by Crippen LogP contribution is -2.50. The van der Waals surface area contributed by atoms with E-state index in [0.29, 0.717) is 5.69 Å².